The van der Waals surface area contributed by atoms with E-state index in [1.807, 2.05) is 29.6 Å². The quantitative estimate of drug-likeness (QED) is 0.534. The average molecular weight is 328 g/mol. The molecular weight excluding hydrogens is 311 g/mol. The first kappa shape index (κ1) is 15.5. The van der Waals surface area contributed by atoms with Crippen LogP contribution in [0.2, 0.25) is 0 Å². The number of benzene rings is 2. The van der Waals surface area contributed by atoms with Crippen LogP contribution in [-0.2, 0) is 6.42 Å². The van der Waals surface area contributed by atoms with Gasteiger partial charge in [0.15, 0.2) is 0 Å². The molecule has 0 unspecified atom stereocenters. The van der Waals surface area contributed by atoms with Crippen molar-refractivity contribution in [3.8, 4) is 17.0 Å². The van der Waals surface area contributed by atoms with Crippen molar-refractivity contribution < 1.29 is 9.13 Å². The zero-order valence-electron chi connectivity index (χ0n) is 12.5. The van der Waals surface area contributed by atoms with E-state index < -0.39 is 0 Å². The van der Waals surface area contributed by atoms with Crippen molar-refractivity contribution in [3.05, 3.63) is 64.7 Å². The number of nitrogens with zero attached hydrogens (tertiary/aromatic N) is 1. The number of aryl methyl sites for hydroxylation is 1. The van der Waals surface area contributed by atoms with Crippen LogP contribution in [0.5, 0.6) is 5.75 Å². The van der Waals surface area contributed by atoms with Gasteiger partial charge < -0.3 is 10.5 Å². The lowest BCUT2D eigenvalue weighted by Crippen LogP contribution is -1.99. The third kappa shape index (κ3) is 4.29. The van der Waals surface area contributed by atoms with Crippen molar-refractivity contribution in [2.75, 3.05) is 12.3 Å². The summed E-state index contributed by atoms with van der Waals surface area (Å²) >= 11 is 1.64. The maximum absolute atomic E-state index is 13.0. The molecular formula is C18H17FN2OS. The lowest BCUT2D eigenvalue weighted by atomic mass is 10.1. The summed E-state index contributed by atoms with van der Waals surface area (Å²) in [4.78, 5) is 4.63. The molecule has 2 aromatic carbocycles. The molecule has 0 atom stereocenters. The summed E-state index contributed by atoms with van der Waals surface area (Å²) in [6.07, 6.45) is 1.68. The number of nitrogen functional groups attached to an aromatic ring is 1. The molecule has 0 radical (unpaired) electrons. The SMILES string of the molecule is Nc1ccc(-c2csc(CCCOc3cccc(F)c3)n2)cc1. The lowest BCUT2D eigenvalue weighted by Gasteiger charge is -2.05. The minimum atomic E-state index is -0.282. The molecule has 1 heterocycles. The van der Waals surface area contributed by atoms with Gasteiger partial charge in [-0.05, 0) is 30.7 Å². The number of anilines is 1. The second-order valence-corrected chi connectivity index (χ2v) is 6.10. The van der Waals surface area contributed by atoms with E-state index in [1.165, 1.54) is 12.1 Å². The third-order valence-electron chi connectivity index (χ3n) is 3.36. The van der Waals surface area contributed by atoms with Gasteiger partial charge in [-0.3, -0.25) is 0 Å². The summed E-state index contributed by atoms with van der Waals surface area (Å²) in [7, 11) is 0. The monoisotopic (exact) mass is 328 g/mol. The zero-order valence-corrected chi connectivity index (χ0v) is 13.4. The first-order valence-corrected chi connectivity index (χ1v) is 8.27. The Labute approximate surface area is 138 Å². The molecule has 3 nitrogen and oxygen atoms in total. The number of halogens is 1. The molecule has 0 aliphatic rings. The van der Waals surface area contributed by atoms with E-state index in [4.69, 9.17) is 10.5 Å². The second-order valence-electron chi connectivity index (χ2n) is 5.16. The molecule has 0 bridgehead atoms. The molecule has 23 heavy (non-hydrogen) atoms. The Kier molecular flexibility index (Phi) is 4.88. The minimum absolute atomic E-state index is 0.282. The first-order chi connectivity index (χ1) is 11.2. The van der Waals surface area contributed by atoms with Gasteiger partial charge in [-0.15, -0.1) is 11.3 Å². The van der Waals surface area contributed by atoms with Crippen LogP contribution in [-0.4, -0.2) is 11.6 Å². The molecule has 2 N–H and O–H groups in total. The molecule has 0 aliphatic heterocycles. The van der Waals surface area contributed by atoms with Crippen molar-refractivity contribution in [1.82, 2.24) is 4.98 Å². The van der Waals surface area contributed by atoms with Gasteiger partial charge in [0.25, 0.3) is 0 Å². The number of hydrogen-bond acceptors (Lipinski definition) is 4. The number of nitrogens with two attached hydrogens (primary N) is 1. The Bertz CT molecular complexity index is 771. The molecule has 0 spiro atoms. The van der Waals surface area contributed by atoms with E-state index in [0.29, 0.717) is 12.4 Å². The molecule has 3 aromatic rings. The van der Waals surface area contributed by atoms with Crippen LogP contribution in [0, 0.1) is 5.82 Å². The molecule has 3 rings (SSSR count). The van der Waals surface area contributed by atoms with Gasteiger partial charge in [0.1, 0.15) is 11.6 Å². The molecule has 0 aliphatic carbocycles. The van der Waals surface area contributed by atoms with Crippen LogP contribution in [0.4, 0.5) is 10.1 Å². The highest BCUT2D eigenvalue weighted by Gasteiger charge is 2.05. The molecule has 1 aromatic heterocycles. The van der Waals surface area contributed by atoms with Gasteiger partial charge in [0, 0.05) is 29.1 Å². The van der Waals surface area contributed by atoms with Crippen LogP contribution >= 0.6 is 11.3 Å². The van der Waals surface area contributed by atoms with Gasteiger partial charge in [-0.2, -0.15) is 0 Å². The number of rotatable bonds is 6. The standard InChI is InChI=1S/C18H17FN2OS/c19-14-3-1-4-16(11-14)22-10-2-5-18-21-17(12-23-18)13-6-8-15(20)9-7-13/h1,3-4,6-9,11-12H,2,5,10,20H2. The molecule has 0 saturated heterocycles. The summed E-state index contributed by atoms with van der Waals surface area (Å²) in [5, 5.41) is 3.12. The van der Waals surface area contributed by atoms with E-state index >= 15 is 0 Å². The van der Waals surface area contributed by atoms with E-state index in [-0.39, 0.29) is 5.82 Å². The number of thiazole rings is 1. The van der Waals surface area contributed by atoms with Crippen molar-refractivity contribution >= 4 is 17.0 Å². The summed E-state index contributed by atoms with van der Waals surface area (Å²) in [5.41, 5.74) is 8.48. The maximum Gasteiger partial charge on any atom is 0.126 e. The Morgan fingerprint density at radius 1 is 1.13 bits per heavy atom. The Hall–Kier alpha value is -2.40. The Morgan fingerprint density at radius 2 is 1.96 bits per heavy atom. The predicted octanol–water partition coefficient (Wildman–Crippen LogP) is 4.54. The van der Waals surface area contributed by atoms with Gasteiger partial charge in [0.2, 0.25) is 0 Å². The van der Waals surface area contributed by atoms with Gasteiger partial charge in [-0.1, -0.05) is 18.2 Å². The maximum atomic E-state index is 13.0. The molecule has 0 fully saturated rings. The molecule has 0 amide bonds. The lowest BCUT2D eigenvalue weighted by molar-refractivity contribution is 0.309. The van der Waals surface area contributed by atoms with Crippen LogP contribution < -0.4 is 10.5 Å². The van der Waals surface area contributed by atoms with Crippen molar-refractivity contribution in [3.63, 3.8) is 0 Å². The van der Waals surface area contributed by atoms with Crippen LogP contribution in [0.25, 0.3) is 11.3 Å². The fourth-order valence-corrected chi connectivity index (χ4v) is 3.03. The van der Waals surface area contributed by atoms with Gasteiger partial charge >= 0.3 is 0 Å². The summed E-state index contributed by atoms with van der Waals surface area (Å²) < 4.78 is 18.6. The summed E-state index contributed by atoms with van der Waals surface area (Å²) in [6, 6.07) is 13.9. The molecule has 0 saturated carbocycles. The normalized spacial score (nSPS) is 10.7. The highest BCUT2D eigenvalue weighted by atomic mass is 32.1. The third-order valence-corrected chi connectivity index (χ3v) is 4.27. The van der Waals surface area contributed by atoms with Crippen molar-refractivity contribution in [1.29, 1.82) is 0 Å². The second kappa shape index (κ2) is 7.24. The van der Waals surface area contributed by atoms with E-state index in [2.05, 4.69) is 4.98 Å². The number of ether oxygens (including phenoxy) is 1. The Balaban J connectivity index is 1.50. The smallest absolute Gasteiger partial charge is 0.126 e. The number of hydrogen-bond donors (Lipinski definition) is 1. The van der Waals surface area contributed by atoms with E-state index in [1.54, 1.807) is 23.5 Å². The fraction of sp³-hybridized carbons (Fsp3) is 0.167. The topological polar surface area (TPSA) is 48.1 Å². The van der Waals surface area contributed by atoms with Crippen LogP contribution in [0.15, 0.2) is 53.9 Å². The van der Waals surface area contributed by atoms with Gasteiger partial charge in [-0.25, -0.2) is 9.37 Å². The predicted molar refractivity (Wildman–Crippen MR) is 92.2 cm³/mol. The van der Waals surface area contributed by atoms with Crippen molar-refractivity contribution in [2.24, 2.45) is 0 Å². The summed E-state index contributed by atoms with van der Waals surface area (Å²) in [5.74, 6) is 0.280. The largest absolute Gasteiger partial charge is 0.493 e. The number of aromatic nitrogens is 1. The minimum Gasteiger partial charge on any atom is -0.493 e. The summed E-state index contributed by atoms with van der Waals surface area (Å²) in [6.45, 7) is 0.542. The van der Waals surface area contributed by atoms with Crippen molar-refractivity contribution in [2.45, 2.75) is 12.8 Å². The molecule has 118 valence electrons. The molecule has 5 heteroatoms. The fourth-order valence-electron chi connectivity index (χ4n) is 2.18. The average Bonchev–Trinajstić information content (AvgIpc) is 3.01. The highest BCUT2D eigenvalue weighted by molar-refractivity contribution is 7.09. The Morgan fingerprint density at radius 3 is 2.74 bits per heavy atom. The van der Waals surface area contributed by atoms with E-state index in [0.717, 1.165) is 34.8 Å². The van der Waals surface area contributed by atoms with Crippen LogP contribution in [0.3, 0.4) is 0 Å². The zero-order chi connectivity index (χ0) is 16.1. The first-order valence-electron chi connectivity index (χ1n) is 7.39. The van der Waals surface area contributed by atoms with E-state index in [9.17, 15) is 4.39 Å². The highest BCUT2D eigenvalue weighted by Crippen LogP contribution is 2.23. The van der Waals surface area contributed by atoms with Gasteiger partial charge in [0.05, 0.1) is 17.3 Å². The van der Waals surface area contributed by atoms with Crippen LogP contribution in [0.1, 0.15) is 11.4 Å².